The molecule has 0 spiro atoms. The van der Waals surface area contributed by atoms with Gasteiger partial charge in [-0.1, -0.05) is 0 Å². The van der Waals surface area contributed by atoms with E-state index in [0.29, 0.717) is 19.4 Å². The minimum atomic E-state index is -0.0457. The number of nitrogens with zero attached hydrogens (tertiary/aromatic N) is 1. The number of aromatic nitrogens is 1. The number of aryl methyl sites for hydroxylation is 2. The molecular weight excluding hydrogens is 332 g/mol. The van der Waals surface area contributed by atoms with E-state index >= 15 is 0 Å². The SMILES string of the molecule is COc1ccc(OC)c(CCC(=O)NCc2ncc(C)c(OC)c2C)c1. The summed E-state index contributed by atoms with van der Waals surface area (Å²) in [6.45, 7) is 4.26. The van der Waals surface area contributed by atoms with Gasteiger partial charge >= 0.3 is 0 Å². The van der Waals surface area contributed by atoms with E-state index in [-0.39, 0.29) is 5.91 Å². The third kappa shape index (κ3) is 4.65. The van der Waals surface area contributed by atoms with E-state index in [0.717, 1.165) is 39.6 Å². The average Bonchev–Trinajstić information content (AvgIpc) is 2.65. The van der Waals surface area contributed by atoms with Gasteiger partial charge in [0, 0.05) is 23.7 Å². The van der Waals surface area contributed by atoms with E-state index in [1.807, 2.05) is 32.0 Å². The van der Waals surface area contributed by atoms with Gasteiger partial charge in [0.05, 0.1) is 33.6 Å². The number of hydrogen-bond acceptors (Lipinski definition) is 5. The fourth-order valence-electron chi connectivity index (χ4n) is 2.85. The predicted molar refractivity (Wildman–Crippen MR) is 100.0 cm³/mol. The lowest BCUT2D eigenvalue weighted by atomic mass is 10.1. The highest BCUT2D eigenvalue weighted by Gasteiger charge is 2.12. The Kier molecular flexibility index (Phi) is 6.83. The Morgan fingerprint density at radius 3 is 2.54 bits per heavy atom. The molecule has 0 aliphatic carbocycles. The maximum absolute atomic E-state index is 12.2. The average molecular weight is 358 g/mol. The Balaban J connectivity index is 1.96. The summed E-state index contributed by atoms with van der Waals surface area (Å²) in [6, 6.07) is 5.57. The minimum Gasteiger partial charge on any atom is -0.497 e. The van der Waals surface area contributed by atoms with Gasteiger partial charge in [-0.15, -0.1) is 0 Å². The van der Waals surface area contributed by atoms with Crippen LogP contribution in [-0.2, 0) is 17.8 Å². The molecule has 0 atom stereocenters. The zero-order valence-corrected chi connectivity index (χ0v) is 16.0. The van der Waals surface area contributed by atoms with Crippen molar-refractivity contribution in [2.45, 2.75) is 33.2 Å². The normalized spacial score (nSPS) is 10.3. The van der Waals surface area contributed by atoms with Crippen LogP contribution in [0.25, 0.3) is 0 Å². The molecule has 0 unspecified atom stereocenters. The van der Waals surface area contributed by atoms with Crippen LogP contribution in [0.4, 0.5) is 0 Å². The van der Waals surface area contributed by atoms with Gasteiger partial charge in [-0.3, -0.25) is 9.78 Å². The molecule has 1 aromatic heterocycles. The Bertz CT molecular complexity index is 775. The van der Waals surface area contributed by atoms with Gasteiger partial charge in [-0.2, -0.15) is 0 Å². The summed E-state index contributed by atoms with van der Waals surface area (Å²) in [7, 11) is 4.87. The number of nitrogens with one attached hydrogen (secondary N) is 1. The van der Waals surface area contributed by atoms with E-state index in [1.165, 1.54) is 0 Å². The predicted octanol–water partition coefficient (Wildman–Crippen LogP) is 2.97. The van der Waals surface area contributed by atoms with Gasteiger partial charge < -0.3 is 19.5 Å². The van der Waals surface area contributed by atoms with Crippen LogP contribution in [0, 0.1) is 13.8 Å². The van der Waals surface area contributed by atoms with Gasteiger partial charge in [0.2, 0.25) is 5.91 Å². The van der Waals surface area contributed by atoms with Gasteiger partial charge in [0.15, 0.2) is 0 Å². The first-order valence-corrected chi connectivity index (χ1v) is 8.46. The third-order valence-corrected chi connectivity index (χ3v) is 4.31. The van der Waals surface area contributed by atoms with Crippen molar-refractivity contribution in [3.63, 3.8) is 0 Å². The molecule has 1 heterocycles. The van der Waals surface area contributed by atoms with Crippen LogP contribution in [0.15, 0.2) is 24.4 Å². The van der Waals surface area contributed by atoms with Gasteiger partial charge in [-0.05, 0) is 44.0 Å². The lowest BCUT2D eigenvalue weighted by Gasteiger charge is -2.13. The van der Waals surface area contributed by atoms with Crippen LogP contribution < -0.4 is 19.5 Å². The number of ether oxygens (including phenoxy) is 3. The fraction of sp³-hybridized carbons (Fsp3) is 0.400. The Morgan fingerprint density at radius 1 is 1.12 bits per heavy atom. The third-order valence-electron chi connectivity index (χ3n) is 4.31. The van der Waals surface area contributed by atoms with Gasteiger partial charge in [0.25, 0.3) is 0 Å². The smallest absolute Gasteiger partial charge is 0.220 e. The van der Waals surface area contributed by atoms with Crippen LogP contribution in [0.2, 0.25) is 0 Å². The zero-order chi connectivity index (χ0) is 19.1. The highest BCUT2D eigenvalue weighted by molar-refractivity contribution is 5.76. The van der Waals surface area contributed by atoms with Crippen molar-refractivity contribution in [3.05, 3.63) is 46.8 Å². The Hall–Kier alpha value is -2.76. The number of methoxy groups -OCH3 is 3. The monoisotopic (exact) mass is 358 g/mol. The van der Waals surface area contributed by atoms with Crippen molar-refractivity contribution in [3.8, 4) is 17.2 Å². The molecule has 0 fully saturated rings. The van der Waals surface area contributed by atoms with Crippen LogP contribution in [0.3, 0.4) is 0 Å². The zero-order valence-electron chi connectivity index (χ0n) is 16.0. The molecule has 0 saturated carbocycles. The molecular formula is C20H26N2O4. The molecule has 1 aromatic carbocycles. The van der Waals surface area contributed by atoms with Crippen molar-refractivity contribution >= 4 is 5.91 Å². The topological polar surface area (TPSA) is 69.7 Å². The van der Waals surface area contributed by atoms with E-state index in [2.05, 4.69) is 10.3 Å². The van der Waals surface area contributed by atoms with E-state index in [1.54, 1.807) is 27.5 Å². The van der Waals surface area contributed by atoms with Crippen molar-refractivity contribution in [1.82, 2.24) is 10.3 Å². The molecule has 2 aromatic rings. The summed E-state index contributed by atoms with van der Waals surface area (Å²) in [6.07, 6.45) is 2.68. The summed E-state index contributed by atoms with van der Waals surface area (Å²) in [5, 5.41) is 2.92. The van der Waals surface area contributed by atoms with Crippen molar-refractivity contribution in [1.29, 1.82) is 0 Å². The Morgan fingerprint density at radius 2 is 1.88 bits per heavy atom. The van der Waals surface area contributed by atoms with Gasteiger partial charge in [0.1, 0.15) is 17.2 Å². The lowest BCUT2D eigenvalue weighted by molar-refractivity contribution is -0.121. The minimum absolute atomic E-state index is 0.0457. The number of carbonyl (C=O) groups excluding carboxylic acids is 1. The molecule has 1 N–H and O–H groups in total. The number of rotatable bonds is 8. The summed E-state index contributed by atoms with van der Waals surface area (Å²) < 4.78 is 16.0. The van der Waals surface area contributed by atoms with Crippen LogP contribution in [0.1, 0.15) is 28.8 Å². The van der Waals surface area contributed by atoms with E-state index in [9.17, 15) is 4.79 Å². The largest absolute Gasteiger partial charge is 0.497 e. The van der Waals surface area contributed by atoms with Crippen LogP contribution >= 0.6 is 0 Å². The first-order chi connectivity index (χ1) is 12.5. The molecule has 140 valence electrons. The molecule has 2 rings (SSSR count). The molecule has 0 aliphatic heterocycles. The highest BCUT2D eigenvalue weighted by Crippen LogP contribution is 2.25. The second-order valence-electron chi connectivity index (χ2n) is 6.00. The molecule has 0 aliphatic rings. The van der Waals surface area contributed by atoms with Crippen LogP contribution in [0.5, 0.6) is 17.2 Å². The summed E-state index contributed by atoms with van der Waals surface area (Å²) in [4.78, 5) is 16.6. The van der Waals surface area contributed by atoms with Crippen LogP contribution in [-0.4, -0.2) is 32.2 Å². The maximum atomic E-state index is 12.2. The number of carbonyl (C=O) groups is 1. The standard InChI is InChI=1S/C20H26N2O4/c1-13-11-21-17(14(2)20(13)26-5)12-22-19(23)9-6-15-10-16(24-3)7-8-18(15)25-4/h7-8,10-11H,6,9,12H2,1-5H3,(H,22,23). The second-order valence-corrected chi connectivity index (χ2v) is 6.00. The Labute approximate surface area is 154 Å². The summed E-state index contributed by atoms with van der Waals surface area (Å²) >= 11 is 0. The molecule has 26 heavy (non-hydrogen) atoms. The number of hydrogen-bond donors (Lipinski definition) is 1. The quantitative estimate of drug-likeness (QED) is 0.786. The summed E-state index contributed by atoms with van der Waals surface area (Å²) in [5.74, 6) is 2.26. The lowest BCUT2D eigenvalue weighted by Crippen LogP contribution is -2.24. The maximum Gasteiger partial charge on any atom is 0.220 e. The molecule has 0 saturated heterocycles. The molecule has 6 heteroatoms. The van der Waals surface area contributed by atoms with E-state index < -0.39 is 0 Å². The highest BCUT2D eigenvalue weighted by atomic mass is 16.5. The molecule has 6 nitrogen and oxygen atoms in total. The first kappa shape index (κ1) is 19.6. The first-order valence-electron chi connectivity index (χ1n) is 8.46. The number of benzene rings is 1. The molecule has 1 amide bonds. The second kappa shape index (κ2) is 9.08. The number of amides is 1. The van der Waals surface area contributed by atoms with E-state index in [4.69, 9.17) is 14.2 Å². The van der Waals surface area contributed by atoms with Gasteiger partial charge in [-0.25, -0.2) is 0 Å². The van der Waals surface area contributed by atoms with Crippen molar-refractivity contribution < 1.29 is 19.0 Å². The van der Waals surface area contributed by atoms with Crippen molar-refractivity contribution in [2.75, 3.05) is 21.3 Å². The molecule has 0 radical (unpaired) electrons. The number of pyridine rings is 1. The fourth-order valence-corrected chi connectivity index (χ4v) is 2.85. The van der Waals surface area contributed by atoms with Crippen molar-refractivity contribution in [2.24, 2.45) is 0 Å². The summed E-state index contributed by atoms with van der Waals surface area (Å²) in [5.41, 5.74) is 3.67. The molecule has 0 bridgehead atoms.